The Hall–Kier alpha value is -4.02. The van der Waals surface area contributed by atoms with E-state index in [9.17, 15) is 28.9 Å². The molecule has 2 aromatic carbocycles. The van der Waals surface area contributed by atoms with E-state index in [1.54, 1.807) is 6.07 Å². The Kier molecular flexibility index (Phi) is 8.84. The van der Waals surface area contributed by atoms with Gasteiger partial charge in [0.25, 0.3) is 0 Å². The van der Waals surface area contributed by atoms with Crippen LogP contribution in [0.25, 0.3) is 0 Å². The van der Waals surface area contributed by atoms with Crippen molar-refractivity contribution in [2.45, 2.75) is 31.8 Å². The van der Waals surface area contributed by atoms with Gasteiger partial charge in [-0.1, -0.05) is 18.2 Å². The predicted molar refractivity (Wildman–Crippen MR) is 115 cm³/mol. The minimum Gasteiger partial charge on any atom is -0.490 e. The second-order valence-electron chi connectivity index (χ2n) is 7.14. The van der Waals surface area contributed by atoms with Crippen molar-refractivity contribution in [2.75, 3.05) is 14.2 Å². The minimum absolute atomic E-state index is 0.0227. The van der Waals surface area contributed by atoms with Crippen LogP contribution in [0.3, 0.4) is 0 Å². The van der Waals surface area contributed by atoms with Gasteiger partial charge < -0.3 is 20.1 Å². The van der Waals surface area contributed by atoms with Gasteiger partial charge in [-0.2, -0.15) is 0 Å². The van der Waals surface area contributed by atoms with E-state index < -0.39 is 40.6 Å². The van der Waals surface area contributed by atoms with Crippen LogP contribution in [-0.2, 0) is 32.0 Å². The number of nitro benzene ring substituents is 1. The molecule has 0 aliphatic carbocycles. The maximum absolute atomic E-state index is 13.5. The number of halogens is 1. The number of methoxy groups -OCH3 is 2. The van der Waals surface area contributed by atoms with Gasteiger partial charge in [-0.05, 0) is 29.3 Å². The van der Waals surface area contributed by atoms with Crippen molar-refractivity contribution in [3.63, 3.8) is 0 Å². The highest BCUT2D eigenvalue weighted by Gasteiger charge is 2.28. The molecular weight excluding hydrogens is 437 g/mol. The summed E-state index contributed by atoms with van der Waals surface area (Å²) in [5.41, 5.74) is 0.538. The molecular formula is C22H24FN3O7. The van der Waals surface area contributed by atoms with Crippen LogP contribution in [0.15, 0.2) is 42.5 Å². The van der Waals surface area contributed by atoms with Crippen molar-refractivity contribution in [3.8, 4) is 5.75 Å². The first-order chi connectivity index (χ1) is 15.6. The maximum Gasteiger partial charge on any atom is 0.328 e. The van der Waals surface area contributed by atoms with Gasteiger partial charge in [-0.15, -0.1) is 0 Å². The Labute approximate surface area is 189 Å². The van der Waals surface area contributed by atoms with Crippen LogP contribution in [0.5, 0.6) is 5.75 Å². The van der Waals surface area contributed by atoms with Gasteiger partial charge in [0, 0.05) is 25.8 Å². The first-order valence-corrected chi connectivity index (χ1v) is 9.85. The van der Waals surface area contributed by atoms with Crippen LogP contribution in [0.4, 0.5) is 10.1 Å². The van der Waals surface area contributed by atoms with Crippen LogP contribution in [-0.4, -0.2) is 49.0 Å². The molecule has 0 fully saturated rings. The molecule has 2 rings (SSSR count). The molecule has 2 aromatic rings. The Morgan fingerprint density at radius 2 is 1.70 bits per heavy atom. The molecule has 0 radical (unpaired) electrons. The normalized spacial score (nSPS) is 12.2. The zero-order chi connectivity index (χ0) is 24.5. The zero-order valence-corrected chi connectivity index (χ0v) is 18.3. The van der Waals surface area contributed by atoms with Gasteiger partial charge in [0.15, 0.2) is 5.75 Å². The molecule has 0 aliphatic heterocycles. The summed E-state index contributed by atoms with van der Waals surface area (Å²) in [6, 6.07) is 7.40. The Bertz CT molecular complexity index is 1040. The molecule has 33 heavy (non-hydrogen) atoms. The first-order valence-electron chi connectivity index (χ1n) is 9.85. The standard InChI is InChI=1S/C22H24FN3O7/c1-13(27)24-17(10-14-5-4-6-16(23)9-14)21(28)25-18(22(29)33-3)11-15-7-8-20(32-2)19(12-15)26(30)31/h4-9,12,17-18H,10-11H2,1-3H3,(H,24,27)(H,25,28)/t17-,18-/m1/s1. The van der Waals surface area contributed by atoms with Crippen LogP contribution >= 0.6 is 0 Å². The maximum atomic E-state index is 13.5. The van der Waals surface area contributed by atoms with Crippen molar-refractivity contribution >= 4 is 23.5 Å². The number of nitrogens with zero attached hydrogens (tertiary/aromatic N) is 1. The van der Waals surface area contributed by atoms with Gasteiger partial charge in [0.05, 0.1) is 19.1 Å². The molecule has 0 aliphatic rings. The van der Waals surface area contributed by atoms with Crippen LogP contribution < -0.4 is 15.4 Å². The van der Waals surface area contributed by atoms with E-state index in [-0.39, 0.29) is 24.3 Å². The quantitative estimate of drug-likeness (QED) is 0.312. The van der Waals surface area contributed by atoms with E-state index in [0.29, 0.717) is 11.1 Å². The molecule has 0 unspecified atom stereocenters. The average molecular weight is 461 g/mol. The molecule has 2 amide bonds. The van der Waals surface area contributed by atoms with Gasteiger partial charge in [-0.3, -0.25) is 19.7 Å². The SMILES string of the molecule is COC(=O)[C@@H](Cc1ccc(OC)c([N+](=O)[O-])c1)NC(=O)[C@@H](Cc1cccc(F)c1)NC(C)=O. The number of carbonyl (C=O) groups is 3. The van der Waals surface area contributed by atoms with E-state index in [1.807, 2.05) is 0 Å². The molecule has 10 nitrogen and oxygen atoms in total. The second kappa shape index (κ2) is 11.6. The summed E-state index contributed by atoms with van der Waals surface area (Å²) in [5, 5.41) is 16.3. The third kappa shape index (κ3) is 7.27. The van der Waals surface area contributed by atoms with E-state index in [2.05, 4.69) is 10.6 Å². The number of ether oxygens (including phenoxy) is 2. The molecule has 0 saturated carbocycles. The Morgan fingerprint density at radius 3 is 2.27 bits per heavy atom. The molecule has 2 N–H and O–H groups in total. The van der Waals surface area contributed by atoms with Crippen molar-refractivity contribution in [3.05, 3.63) is 69.5 Å². The number of benzene rings is 2. The monoisotopic (exact) mass is 461 g/mol. The molecule has 0 saturated heterocycles. The second-order valence-corrected chi connectivity index (χ2v) is 7.14. The fraction of sp³-hybridized carbons (Fsp3) is 0.318. The largest absolute Gasteiger partial charge is 0.490 e. The fourth-order valence-corrected chi connectivity index (χ4v) is 3.20. The van der Waals surface area contributed by atoms with Crippen molar-refractivity contribution in [1.29, 1.82) is 0 Å². The average Bonchev–Trinajstić information content (AvgIpc) is 2.77. The lowest BCUT2D eigenvalue weighted by atomic mass is 10.0. The molecule has 0 aromatic heterocycles. The summed E-state index contributed by atoms with van der Waals surface area (Å²) >= 11 is 0. The third-order valence-corrected chi connectivity index (χ3v) is 4.70. The van der Waals surface area contributed by atoms with E-state index >= 15 is 0 Å². The molecule has 0 heterocycles. The Balaban J connectivity index is 2.25. The Morgan fingerprint density at radius 1 is 1.03 bits per heavy atom. The summed E-state index contributed by atoms with van der Waals surface area (Å²) in [7, 11) is 2.43. The van der Waals surface area contributed by atoms with Gasteiger partial charge >= 0.3 is 11.7 Å². The van der Waals surface area contributed by atoms with Crippen molar-refractivity contribution < 1.29 is 33.2 Å². The number of amides is 2. The van der Waals surface area contributed by atoms with Crippen LogP contribution in [0.1, 0.15) is 18.1 Å². The lowest BCUT2D eigenvalue weighted by Gasteiger charge is -2.22. The lowest BCUT2D eigenvalue weighted by molar-refractivity contribution is -0.385. The predicted octanol–water partition coefficient (Wildman–Crippen LogP) is 1.69. The van der Waals surface area contributed by atoms with E-state index in [0.717, 1.165) is 7.11 Å². The highest BCUT2D eigenvalue weighted by Crippen LogP contribution is 2.28. The zero-order valence-electron chi connectivity index (χ0n) is 18.3. The highest BCUT2D eigenvalue weighted by atomic mass is 19.1. The van der Waals surface area contributed by atoms with Crippen molar-refractivity contribution in [1.82, 2.24) is 10.6 Å². The van der Waals surface area contributed by atoms with E-state index in [4.69, 9.17) is 9.47 Å². The molecule has 2 atom stereocenters. The number of hydrogen-bond acceptors (Lipinski definition) is 7. The van der Waals surface area contributed by atoms with Gasteiger partial charge in [0.1, 0.15) is 17.9 Å². The molecule has 0 spiro atoms. The van der Waals surface area contributed by atoms with E-state index in [1.165, 1.54) is 50.4 Å². The van der Waals surface area contributed by atoms with Crippen LogP contribution in [0.2, 0.25) is 0 Å². The first kappa shape index (κ1) is 25.2. The van der Waals surface area contributed by atoms with Gasteiger partial charge in [-0.25, -0.2) is 9.18 Å². The molecule has 11 heteroatoms. The number of rotatable bonds is 10. The smallest absolute Gasteiger partial charge is 0.328 e. The summed E-state index contributed by atoms with van der Waals surface area (Å²) < 4.78 is 23.2. The number of carbonyl (C=O) groups excluding carboxylic acids is 3. The lowest BCUT2D eigenvalue weighted by Crippen LogP contribution is -2.53. The number of nitro groups is 1. The third-order valence-electron chi connectivity index (χ3n) is 4.70. The number of esters is 1. The fourth-order valence-electron chi connectivity index (χ4n) is 3.20. The summed E-state index contributed by atoms with van der Waals surface area (Å²) in [4.78, 5) is 47.5. The van der Waals surface area contributed by atoms with Gasteiger partial charge in [0.2, 0.25) is 11.8 Å². The van der Waals surface area contributed by atoms with Crippen LogP contribution in [0, 0.1) is 15.9 Å². The molecule has 0 bridgehead atoms. The molecule has 176 valence electrons. The summed E-state index contributed by atoms with van der Waals surface area (Å²) in [6.45, 7) is 1.22. The minimum atomic E-state index is -1.20. The highest BCUT2D eigenvalue weighted by molar-refractivity contribution is 5.90. The summed E-state index contributed by atoms with van der Waals surface area (Å²) in [5.74, 6) is -2.43. The number of hydrogen-bond donors (Lipinski definition) is 2. The summed E-state index contributed by atoms with van der Waals surface area (Å²) in [6.07, 6.45) is -0.138. The topological polar surface area (TPSA) is 137 Å². The number of nitrogens with one attached hydrogen (secondary N) is 2. The van der Waals surface area contributed by atoms with Crippen molar-refractivity contribution in [2.24, 2.45) is 0 Å².